The van der Waals surface area contributed by atoms with Gasteiger partial charge in [-0.3, -0.25) is 4.79 Å². The van der Waals surface area contributed by atoms with E-state index in [1.165, 1.54) is 0 Å². The van der Waals surface area contributed by atoms with E-state index in [1.807, 2.05) is 43.3 Å². The van der Waals surface area contributed by atoms with Crippen LogP contribution >= 0.6 is 0 Å². The largest absolute Gasteiger partial charge is 0.294 e. The number of carbonyl (C=O) groups is 1. The van der Waals surface area contributed by atoms with Crippen LogP contribution in [0.15, 0.2) is 60.7 Å². The van der Waals surface area contributed by atoms with Gasteiger partial charge >= 0.3 is 0 Å². The lowest BCUT2D eigenvalue weighted by Crippen LogP contribution is -1.98. The minimum Gasteiger partial charge on any atom is -0.294 e. The van der Waals surface area contributed by atoms with Crippen LogP contribution in [0.4, 0.5) is 8.78 Å². The van der Waals surface area contributed by atoms with Crippen LogP contribution in [0.3, 0.4) is 0 Å². The standard InChI is InChI=1S/C26H26F2O/c1-3-5-7-24(29)21-14-10-19(11-15-21)18-8-12-20(13-9-18)23-17-16-22(6-4-2)25(27)26(23)28/h8-17H,3-7H2,1-2H3. The molecule has 0 spiro atoms. The van der Waals surface area contributed by atoms with E-state index in [4.69, 9.17) is 0 Å². The van der Waals surface area contributed by atoms with Crippen LogP contribution in [0.25, 0.3) is 22.3 Å². The summed E-state index contributed by atoms with van der Waals surface area (Å²) in [7, 11) is 0. The molecule has 0 aliphatic carbocycles. The van der Waals surface area contributed by atoms with Gasteiger partial charge in [-0.15, -0.1) is 0 Å². The third kappa shape index (κ3) is 4.79. The number of Topliss-reactive ketones (excluding diaryl/α,β-unsaturated/α-hetero) is 1. The number of ketones is 1. The molecule has 3 heteroatoms. The number of hydrogen-bond acceptors (Lipinski definition) is 1. The van der Waals surface area contributed by atoms with Crippen molar-refractivity contribution < 1.29 is 13.6 Å². The Morgan fingerprint density at radius 1 is 0.724 bits per heavy atom. The fourth-order valence-electron chi connectivity index (χ4n) is 3.45. The van der Waals surface area contributed by atoms with Crippen LogP contribution in [-0.4, -0.2) is 5.78 Å². The van der Waals surface area contributed by atoms with Gasteiger partial charge in [-0.25, -0.2) is 8.78 Å². The second-order valence-corrected chi connectivity index (χ2v) is 7.33. The first kappa shape index (κ1) is 20.9. The van der Waals surface area contributed by atoms with Crippen molar-refractivity contribution in [3.05, 3.63) is 83.4 Å². The first-order valence-corrected chi connectivity index (χ1v) is 10.3. The number of unbranched alkanes of at least 4 members (excludes halogenated alkanes) is 1. The second-order valence-electron chi connectivity index (χ2n) is 7.33. The molecule has 0 aliphatic heterocycles. The lowest BCUT2D eigenvalue weighted by molar-refractivity contribution is 0.0980. The van der Waals surface area contributed by atoms with Gasteiger partial charge in [0.1, 0.15) is 0 Å². The van der Waals surface area contributed by atoms with Gasteiger partial charge in [0.15, 0.2) is 17.4 Å². The maximum atomic E-state index is 14.5. The maximum Gasteiger partial charge on any atom is 0.166 e. The van der Waals surface area contributed by atoms with E-state index >= 15 is 0 Å². The van der Waals surface area contributed by atoms with Crippen molar-refractivity contribution in [3.8, 4) is 22.3 Å². The zero-order valence-corrected chi connectivity index (χ0v) is 17.0. The third-order valence-corrected chi connectivity index (χ3v) is 5.18. The summed E-state index contributed by atoms with van der Waals surface area (Å²) in [4.78, 5) is 12.1. The summed E-state index contributed by atoms with van der Waals surface area (Å²) in [6.07, 6.45) is 3.77. The topological polar surface area (TPSA) is 17.1 Å². The molecular weight excluding hydrogens is 366 g/mol. The molecule has 150 valence electrons. The smallest absolute Gasteiger partial charge is 0.166 e. The molecule has 0 aromatic heterocycles. The van der Waals surface area contributed by atoms with Gasteiger partial charge in [-0.05, 0) is 35.1 Å². The molecule has 0 heterocycles. The van der Waals surface area contributed by atoms with Crippen molar-refractivity contribution in [1.82, 2.24) is 0 Å². The molecule has 0 saturated heterocycles. The van der Waals surface area contributed by atoms with E-state index in [2.05, 4.69) is 6.92 Å². The van der Waals surface area contributed by atoms with Crippen LogP contribution in [0.2, 0.25) is 0 Å². The predicted octanol–water partition coefficient (Wildman–Crippen LogP) is 7.62. The van der Waals surface area contributed by atoms with E-state index in [-0.39, 0.29) is 11.3 Å². The Labute approximate surface area is 171 Å². The highest BCUT2D eigenvalue weighted by Gasteiger charge is 2.14. The second kappa shape index (κ2) is 9.60. The van der Waals surface area contributed by atoms with Crippen molar-refractivity contribution >= 4 is 5.78 Å². The van der Waals surface area contributed by atoms with Gasteiger partial charge in [0.25, 0.3) is 0 Å². The minimum atomic E-state index is -0.793. The molecule has 3 aromatic carbocycles. The molecule has 3 rings (SSSR count). The Morgan fingerprint density at radius 2 is 1.31 bits per heavy atom. The molecule has 0 radical (unpaired) electrons. The molecule has 0 saturated carbocycles. The Balaban J connectivity index is 1.80. The number of rotatable bonds is 8. The monoisotopic (exact) mass is 392 g/mol. The van der Waals surface area contributed by atoms with E-state index < -0.39 is 11.6 Å². The zero-order valence-electron chi connectivity index (χ0n) is 17.0. The highest BCUT2D eigenvalue weighted by Crippen LogP contribution is 2.29. The number of aryl methyl sites for hydroxylation is 1. The lowest BCUT2D eigenvalue weighted by atomic mass is 9.97. The van der Waals surface area contributed by atoms with E-state index in [9.17, 15) is 13.6 Å². The Kier molecular flexibility index (Phi) is 6.92. The third-order valence-electron chi connectivity index (χ3n) is 5.18. The van der Waals surface area contributed by atoms with Gasteiger partial charge in [-0.2, -0.15) is 0 Å². The first-order chi connectivity index (χ1) is 14.0. The van der Waals surface area contributed by atoms with E-state index in [0.29, 0.717) is 24.0 Å². The van der Waals surface area contributed by atoms with E-state index in [1.54, 1.807) is 24.3 Å². The fraction of sp³-hybridized carbons (Fsp3) is 0.269. The molecule has 0 aliphatic rings. The van der Waals surface area contributed by atoms with Crippen LogP contribution in [0.5, 0.6) is 0 Å². The normalized spacial score (nSPS) is 10.9. The molecule has 0 amide bonds. The highest BCUT2D eigenvalue weighted by molar-refractivity contribution is 5.96. The number of hydrogen-bond donors (Lipinski definition) is 0. The molecule has 0 fully saturated rings. The highest BCUT2D eigenvalue weighted by atomic mass is 19.2. The summed E-state index contributed by atoms with van der Waals surface area (Å²) in [6, 6.07) is 18.2. The van der Waals surface area contributed by atoms with Crippen LogP contribution in [0, 0.1) is 11.6 Å². The molecular formula is C26H26F2O. The van der Waals surface area contributed by atoms with Crippen molar-refractivity contribution in [1.29, 1.82) is 0 Å². The zero-order chi connectivity index (χ0) is 20.8. The van der Waals surface area contributed by atoms with Gasteiger partial charge in [-0.1, -0.05) is 87.4 Å². The average Bonchev–Trinajstić information content (AvgIpc) is 2.76. The number of halogens is 2. The average molecular weight is 392 g/mol. The molecule has 0 unspecified atom stereocenters. The van der Waals surface area contributed by atoms with Crippen LogP contribution in [0.1, 0.15) is 55.5 Å². The summed E-state index contributed by atoms with van der Waals surface area (Å²) >= 11 is 0. The van der Waals surface area contributed by atoms with Crippen LogP contribution < -0.4 is 0 Å². The van der Waals surface area contributed by atoms with Crippen molar-refractivity contribution in [3.63, 3.8) is 0 Å². The fourth-order valence-corrected chi connectivity index (χ4v) is 3.45. The maximum absolute atomic E-state index is 14.5. The van der Waals surface area contributed by atoms with Gasteiger partial charge in [0.2, 0.25) is 0 Å². The molecule has 29 heavy (non-hydrogen) atoms. The summed E-state index contributed by atoms with van der Waals surface area (Å²) in [6.45, 7) is 4.01. The minimum absolute atomic E-state index is 0.165. The summed E-state index contributed by atoms with van der Waals surface area (Å²) in [5, 5.41) is 0. The van der Waals surface area contributed by atoms with Gasteiger partial charge in [0, 0.05) is 17.5 Å². The lowest BCUT2D eigenvalue weighted by Gasteiger charge is -2.09. The van der Waals surface area contributed by atoms with E-state index in [0.717, 1.165) is 36.0 Å². The summed E-state index contributed by atoms with van der Waals surface area (Å²) < 4.78 is 28.8. The number of benzene rings is 3. The van der Waals surface area contributed by atoms with Crippen molar-refractivity contribution in [2.75, 3.05) is 0 Å². The summed E-state index contributed by atoms with van der Waals surface area (Å²) in [5.41, 5.74) is 3.99. The van der Waals surface area contributed by atoms with Gasteiger partial charge in [0.05, 0.1) is 0 Å². The Bertz CT molecular complexity index is 973. The van der Waals surface area contributed by atoms with Crippen molar-refractivity contribution in [2.24, 2.45) is 0 Å². The molecule has 1 nitrogen and oxygen atoms in total. The molecule has 3 aromatic rings. The van der Waals surface area contributed by atoms with Gasteiger partial charge < -0.3 is 0 Å². The SMILES string of the molecule is CCCCC(=O)c1ccc(-c2ccc(-c3ccc(CCC)c(F)c3F)cc2)cc1. The van der Waals surface area contributed by atoms with Crippen LogP contribution in [-0.2, 0) is 6.42 Å². The number of carbonyl (C=O) groups excluding carboxylic acids is 1. The predicted molar refractivity (Wildman–Crippen MR) is 115 cm³/mol. The quantitative estimate of drug-likeness (QED) is 0.360. The van der Waals surface area contributed by atoms with Crippen molar-refractivity contribution in [2.45, 2.75) is 46.0 Å². The molecule has 0 bridgehead atoms. The molecule has 0 atom stereocenters. The molecule has 0 N–H and O–H groups in total. The summed E-state index contributed by atoms with van der Waals surface area (Å²) in [5.74, 6) is -1.38. The Morgan fingerprint density at radius 3 is 1.90 bits per heavy atom. The first-order valence-electron chi connectivity index (χ1n) is 10.3. The Hall–Kier alpha value is -2.81.